The highest BCUT2D eigenvalue weighted by Gasteiger charge is 2.36. The van der Waals surface area contributed by atoms with Crippen LogP contribution in [0.3, 0.4) is 0 Å². The molecule has 0 bridgehead atoms. The van der Waals surface area contributed by atoms with Crippen LogP contribution >= 0.6 is 0 Å². The van der Waals surface area contributed by atoms with Crippen molar-refractivity contribution in [2.75, 3.05) is 13.4 Å². The first-order chi connectivity index (χ1) is 11.0. The number of halogens is 3. The maximum absolute atomic E-state index is 12.9. The number of carbonyl (C=O) groups excluding carboxylic acids is 1. The summed E-state index contributed by atoms with van der Waals surface area (Å²) in [5, 5.41) is 3.66. The molecule has 24 heavy (non-hydrogen) atoms. The zero-order valence-corrected chi connectivity index (χ0v) is 13.2. The van der Waals surface area contributed by atoms with Crippen LogP contribution in [-0.4, -0.2) is 37.7 Å². The Balaban J connectivity index is 2.43. The molecule has 0 saturated heterocycles. The Hall–Kier alpha value is -2.56. The number of alkyl halides is 3. The van der Waals surface area contributed by atoms with Gasteiger partial charge in [-0.2, -0.15) is 13.2 Å². The molecule has 0 radical (unpaired) electrons. The normalized spacial score (nSPS) is 12.0. The van der Waals surface area contributed by atoms with Gasteiger partial charge < -0.3 is 9.57 Å². The summed E-state index contributed by atoms with van der Waals surface area (Å²) in [6, 6.07) is 3.24. The Kier molecular flexibility index (Phi) is 4.56. The number of sulfone groups is 1. The molecule has 0 atom stereocenters. The van der Waals surface area contributed by atoms with E-state index >= 15 is 0 Å². The van der Waals surface area contributed by atoms with E-state index in [1.807, 2.05) is 0 Å². The van der Waals surface area contributed by atoms with Gasteiger partial charge in [-0.15, -0.1) is 5.10 Å². The molecule has 0 aliphatic heterocycles. The van der Waals surface area contributed by atoms with Gasteiger partial charge in [0.1, 0.15) is 7.11 Å². The van der Waals surface area contributed by atoms with Crippen molar-refractivity contribution >= 4 is 15.8 Å². The summed E-state index contributed by atoms with van der Waals surface area (Å²) >= 11 is 0. The van der Waals surface area contributed by atoms with Crippen molar-refractivity contribution in [1.82, 2.24) is 9.94 Å². The van der Waals surface area contributed by atoms with E-state index in [2.05, 4.69) is 5.10 Å². The average Bonchev–Trinajstić information content (AvgIpc) is 2.92. The fraction of sp³-hybridized carbons (Fsp3) is 0.231. The molecule has 0 N–H and O–H groups in total. The first-order valence-electron chi connectivity index (χ1n) is 6.26. The average molecular weight is 364 g/mol. The standard InChI is InChI=1S/C13H11F3N2O5S/c1-22-18-11(5-6-17-18)23-12(19)8-3-4-9(13(14,15)16)10(7-8)24(2,20)21/h3-7H,1-2H3. The third kappa shape index (κ3) is 3.67. The van der Waals surface area contributed by atoms with E-state index in [1.54, 1.807) is 0 Å². The number of ether oxygens (including phenoxy) is 1. The SMILES string of the molecule is COn1nccc1OC(=O)c1ccc(C(F)(F)F)c(S(C)(=O)=O)c1. The first kappa shape index (κ1) is 17.8. The monoisotopic (exact) mass is 364 g/mol. The van der Waals surface area contributed by atoms with Crippen LogP contribution in [0.25, 0.3) is 0 Å². The quantitative estimate of drug-likeness (QED) is 0.766. The molecule has 1 heterocycles. The smallest absolute Gasteiger partial charge is 0.401 e. The topological polar surface area (TPSA) is 87.5 Å². The van der Waals surface area contributed by atoms with Crippen LogP contribution in [0.4, 0.5) is 13.2 Å². The lowest BCUT2D eigenvalue weighted by Gasteiger charge is -2.13. The lowest BCUT2D eigenvalue weighted by Crippen LogP contribution is -2.17. The Morgan fingerprint density at radius 2 is 1.92 bits per heavy atom. The molecule has 7 nitrogen and oxygen atoms in total. The van der Waals surface area contributed by atoms with E-state index in [4.69, 9.17) is 9.57 Å². The summed E-state index contributed by atoms with van der Waals surface area (Å²) in [5.41, 5.74) is -1.73. The Morgan fingerprint density at radius 3 is 2.46 bits per heavy atom. The summed E-state index contributed by atoms with van der Waals surface area (Å²) in [6.45, 7) is 0. The van der Waals surface area contributed by atoms with E-state index in [9.17, 15) is 26.4 Å². The van der Waals surface area contributed by atoms with E-state index in [0.29, 0.717) is 18.4 Å². The van der Waals surface area contributed by atoms with Crippen molar-refractivity contribution in [3.63, 3.8) is 0 Å². The van der Waals surface area contributed by atoms with Gasteiger partial charge in [0.25, 0.3) is 5.88 Å². The summed E-state index contributed by atoms with van der Waals surface area (Å²) in [5.74, 6) is -1.18. The van der Waals surface area contributed by atoms with Crippen molar-refractivity contribution in [1.29, 1.82) is 0 Å². The van der Waals surface area contributed by atoms with Gasteiger partial charge in [-0.1, -0.05) is 4.85 Å². The van der Waals surface area contributed by atoms with Gasteiger partial charge in [0.15, 0.2) is 9.84 Å². The fourth-order valence-electron chi connectivity index (χ4n) is 1.83. The summed E-state index contributed by atoms with van der Waals surface area (Å²) in [7, 11) is -2.96. The second-order valence-electron chi connectivity index (χ2n) is 4.60. The van der Waals surface area contributed by atoms with Crippen LogP contribution in [0.2, 0.25) is 0 Å². The molecule has 2 aromatic rings. The van der Waals surface area contributed by atoms with E-state index in [0.717, 1.165) is 10.9 Å². The second-order valence-corrected chi connectivity index (χ2v) is 6.58. The molecule has 1 aromatic heterocycles. The third-order valence-electron chi connectivity index (χ3n) is 2.87. The fourth-order valence-corrected chi connectivity index (χ4v) is 2.76. The minimum atomic E-state index is -4.88. The third-order valence-corrected chi connectivity index (χ3v) is 4.01. The molecule has 0 aliphatic carbocycles. The van der Waals surface area contributed by atoms with Crippen LogP contribution < -0.4 is 9.57 Å². The van der Waals surface area contributed by atoms with Gasteiger partial charge in [0.05, 0.1) is 22.2 Å². The van der Waals surface area contributed by atoms with Crippen LogP contribution in [0.1, 0.15) is 15.9 Å². The van der Waals surface area contributed by atoms with Crippen LogP contribution in [-0.2, 0) is 16.0 Å². The second kappa shape index (κ2) is 6.15. The molecule has 0 unspecified atom stereocenters. The van der Waals surface area contributed by atoms with E-state index in [1.165, 1.54) is 19.4 Å². The number of carbonyl (C=O) groups is 1. The summed E-state index contributed by atoms with van der Waals surface area (Å²) in [6.07, 6.45) is -3.00. The number of hydrogen-bond acceptors (Lipinski definition) is 6. The van der Waals surface area contributed by atoms with Crippen LogP contribution in [0.15, 0.2) is 35.4 Å². The number of esters is 1. The largest absolute Gasteiger partial charge is 0.417 e. The lowest BCUT2D eigenvalue weighted by atomic mass is 10.1. The molecule has 2 rings (SSSR count). The van der Waals surface area contributed by atoms with Crippen molar-refractivity contribution < 1.29 is 36.0 Å². The first-order valence-corrected chi connectivity index (χ1v) is 8.15. The highest BCUT2D eigenvalue weighted by Crippen LogP contribution is 2.34. The van der Waals surface area contributed by atoms with E-state index in [-0.39, 0.29) is 11.4 Å². The minimum Gasteiger partial charge on any atom is -0.401 e. The number of hydrogen-bond donors (Lipinski definition) is 0. The zero-order chi connectivity index (χ0) is 18.1. The van der Waals surface area contributed by atoms with Crippen LogP contribution in [0, 0.1) is 0 Å². The van der Waals surface area contributed by atoms with Crippen molar-refractivity contribution in [3.05, 3.63) is 41.6 Å². The highest BCUT2D eigenvalue weighted by molar-refractivity contribution is 7.90. The molecule has 0 aliphatic rings. The lowest BCUT2D eigenvalue weighted by molar-refractivity contribution is -0.139. The van der Waals surface area contributed by atoms with Gasteiger partial charge in [-0.3, -0.25) is 0 Å². The van der Waals surface area contributed by atoms with Crippen molar-refractivity contribution in [2.45, 2.75) is 11.1 Å². The molecule has 0 spiro atoms. The molecular weight excluding hydrogens is 353 g/mol. The maximum Gasteiger partial charge on any atom is 0.417 e. The minimum absolute atomic E-state index is 0.122. The number of nitrogens with zero attached hydrogens (tertiary/aromatic N) is 2. The van der Waals surface area contributed by atoms with Crippen molar-refractivity contribution in [3.8, 4) is 5.88 Å². The molecule has 0 fully saturated rings. The molecular formula is C13H11F3N2O5S. The number of rotatable bonds is 4. The van der Waals surface area contributed by atoms with Gasteiger partial charge in [-0.05, 0) is 18.2 Å². The summed E-state index contributed by atoms with van der Waals surface area (Å²) in [4.78, 5) is 16.6. The Bertz CT molecular complexity index is 874. The van der Waals surface area contributed by atoms with Crippen LogP contribution in [0.5, 0.6) is 5.88 Å². The predicted molar refractivity (Wildman–Crippen MR) is 74.2 cm³/mol. The van der Waals surface area contributed by atoms with Gasteiger partial charge in [-0.25, -0.2) is 13.2 Å². The van der Waals surface area contributed by atoms with Gasteiger partial charge in [0.2, 0.25) is 0 Å². The van der Waals surface area contributed by atoms with Crippen molar-refractivity contribution in [2.24, 2.45) is 0 Å². The molecule has 0 amide bonds. The molecule has 130 valence electrons. The van der Waals surface area contributed by atoms with Gasteiger partial charge >= 0.3 is 12.1 Å². The summed E-state index contributed by atoms with van der Waals surface area (Å²) < 4.78 is 66.8. The Labute approximate surface area is 134 Å². The number of aromatic nitrogens is 2. The molecule has 0 saturated carbocycles. The zero-order valence-electron chi connectivity index (χ0n) is 12.4. The van der Waals surface area contributed by atoms with Gasteiger partial charge in [0, 0.05) is 12.3 Å². The number of benzene rings is 1. The molecule has 11 heteroatoms. The van der Waals surface area contributed by atoms with E-state index < -0.39 is 32.4 Å². The highest BCUT2D eigenvalue weighted by atomic mass is 32.2. The maximum atomic E-state index is 12.9. The Morgan fingerprint density at radius 1 is 1.25 bits per heavy atom. The predicted octanol–water partition coefficient (Wildman–Crippen LogP) is 1.58. The molecule has 1 aromatic carbocycles.